The Bertz CT molecular complexity index is 944. The van der Waals surface area contributed by atoms with Crippen molar-refractivity contribution in [3.63, 3.8) is 0 Å². The summed E-state index contributed by atoms with van der Waals surface area (Å²) in [5.41, 5.74) is 4.44. The Morgan fingerprint density at radius 3 is 2.09 bits per heavy atom. The van der Waals surface area contributed by atoms with Crippen LogP contribution in [0.1, 0.15) is 37.3 Å². The van der Waals surface area contributed by atoms with E-state index in [1.165, 1.54) is 0 Å². The Morgan fingerprint density at radius 1 is 1.00 bits per heavy atom. The Balaban J connectivity index is 1.58. The van der Waals surface area contributed by atoms with Crippen LogP contribution in [0.2, 0.25) is 0 Å². The molecule has 2 unspecified atom stereocenters. The van der Waals surface area contributed by atoms with Gasteiger partial charge in [0.15, 0.2) is 6.10 Å². The number of aliphatic hydroxyl groups excluding tert-OH is 1. The van der Waals surface area contributed by atoms with E-state index < -0.39 is 30.1 Å². The molecule has 0 radical (unpaired) electrons. The summed E-state index contributed by atoms with van der Waals surface area (Å²) in [7, 11) is 0. The summed E-state index contributed by atoms with van der Waals surface area (Å²) in [5, 5.41) is 23.1. The quantitative estimate of drug-likeness (QED) is 0.475. The highest BCUT2D eigenvalue weighted by Crippen LogP contribution is 2.44. The average Bonchev–Trinajstić information content (AvgIpc) is 3.09. The molecular formula is C24H28N2O6. The zero-order valence-corrected chi connectivity index (χ0v) is 18.1. The number of amides is 2. The lowest BCUT2D eigenvalue weighted by Gasteiger charge is -2.22. The fourth-order valence-corrected chi connectivity index (χ4v) is 3.87. The number of aliphatic carboxylic acids is 1. The maximum atomic E-state index is 12.5. The van der Waals surface area contributed by atoms with Gasteiger partial charge in [0.1, 0.15) is 12.6 Å². The van der Waals surface area contributed by atoms with E-state index in [0.717, 1.165) is 22.3 Å². The number of ether oxygens (including phenoxy) is 1. The molecule has 170 valence electrons. The van der Waals surface area contributed by atoms with Crippen molar-refractivity contribution in [2.24, 2.45) is 5.92 Å². The van der Waals surface area contributed by atoms with Gasteiger partial charge in [-0.1, -0.05) is 62.4 Å². The topological polar surface area (TPSA) is 125 Å². The highest BCUT2D eigenvalue weighted by Gasteiger charge is 2.30. The maximum Gasteiger partial charge on any atom is 0.407 e. The van der Waals surface area contributed by atoms with Crippen molar-refractivity contribution in [1.82, 2.24) is 10.6 Å². The number of aliphatic hydroxyl groups is 1. The molecule has 8 heteroatoms. The zero-order valence-electron chi connectivity index (χ0n) is 18.1. The standard InChI is InChI=1S/C24H28N2O6/c1-14(2)21(22(28)25-12-11-20(27)23(29)30)26-24(31)32-13-19-17-9-5-3-7-15(17)16-8-4-6-10-18(16)19/h3-10,14,19-21,27H,11-13H2,1-2H3,(H,25,28)(H,26,31)(H,29,30). The predicted octanol–water partition coefficient (Wildman–Crippen LogP) is 2.50. The second-order valence-electron chi connectivity index (χ2n) is 8.13. The molecule has 1 aliphatic rings. The highest BCUT2D eigenvalue weighted by atomic mass is 16.5. The van der Waals surface area contributed by atoms with E-state index in [-0.39, 0.29) is 31.4 Å². The number of benzene rings is 2. The summed E-state index contributed by atoms with van der Waals surface area (Å²) in [5.74, 6) is -2.13. The van der Waals surface area contributed by atoms with Crippen molar-refractivity contribution < 1.29 is 29.3 Å². The van der Waals surface area contributed by atoms with E-state index in [1.807, 2.05) is 36.4 Å². The molecule has 4 N–H and O–H groups in total. The molecule has 2 amide bonds. The molecule has 2 aromatic carbocycles. The van der Waals surface area contributed by atoms with Crippen LogP contribution in [0, 0.1) is 5.92 Å². The molecule has 0 saturated heterocycles. The first kappa shape index (κ1) is 23.3. The summed E-state index contributed by atoms with van der Waals surface area (Å²) < 4.78 is 5.50. The van der Waals surface area contributed by atoms with Crippen molar-refractivity contribution in [1.29, 1.82) is 0 Å². The lowest BCUT2D eigenvalue weighted by molar-refractivity contribution is -0.147. The van der Waals surface area contributed by atoms with E-state index in [2.05, 4.69) is 22.8 Å². The number of carbonyl (C=O) groups is 3. The molecule has 0 aliphatic heterocycles. The summed E-state index contributed by atoms with van der Waals surface area (Å²) in [6.07, 6.45) is -2.38. The molecule has 0 spiro atoms. The number of rotatable bonds is 9. The number of hydrogen-bond acceptors (Lipinski definition) is 5. The molecule has 2 aromatic rings. The summed E-state index contributed by atoms with van der Waals surface area (Å²) in [6.45, 7) is 3.67. The van der Waals surface area contributed by atoms with Crippen LogP contribution in [0.5, 0.6) is 0 Å². The lowest BCUT2D eigenvalue weighted by Crippen LogP contribution is -2.50. The van der Waals surface area contributed by atoms with Gasteiger partial charge < -0.3 is 25.6 Å². The third kappa shape index (κ3) is 5.26. The van der Waals surface area contributed by atoms with Crippen LogP contribution in [0.15, 0.2) is 48.5 Å². The van der Waals surface area contributed by atoms with E-state index in [4.69, 9.17) is 9.84 Å². The first-order valence-corrected chi connectivity index (χ1v) is 10.6. The van der Waals surface area contributed by atoms with Crippen LogP contribution in [-0.2, 0) is 14.3 Å². The average molecular weight is 440 g/mol. The van der Waals surface area contributed by atoms with Gasteiger partial charge in [0.05, 0.1) is 0 Å². The third-order valence-corrected chi connectivity index (χ3v) is 5.57. The molecule has 3 rings (SSSR count). The number of fused-ring (bicyclic) bond motifs is 3. The summed E-state index contributed by atoms with van der Waals surface area (Å²) in [4.78, 5) is 35.6. The molecule has 8 nitrogen and oxygen atoms in total. The van der Waals surface area contributed by atoms with Crippen molar-refractivity contribution >= 4 is 18.0 Å². The fraction of sp³-hybridized carbons (Fsp3) is 0.375. The Labute approximate surface area is 186 Å². The minimum absolute atomic E-state index is 0.0259. The van der Waals surface area contributed by atoms with Gasteiger partial charge in [0.25, 0.3) is 0 Å². The molecule has 0 heterocycles. The van der Waals surface area contributed by atoms with Crippen LogP contribution in [0.25, 0.3) is 11.1 Å². The Kier molecular flexibility index (Phi) is 7.48. The molecule has 1 aliphatic carbocycles. The lowest BCUT2D eigenvalue weighted by atomic mass is 9.98. The first-order chi connectivity index (χ1) is 15.3. The Hall–Kier alpha value is -3.39. The minimum Gasteiger partial charge on any atom is -0.479 e. The van der Waals surface area contributed by atoms with Crippen LogP contribution < -0.4 is 10.6 Å². The number of nitrogens with one attached hydrogen (secondary N) is 2. The van der Waals surface area contributed by atoms with Gasteiger partial charge in [-0.05, 0) is 28.2 Å². The normalized spacial score (nSPS) is 14.2. The number of hydrogen-bond donors (Lipinski definition) is 4. The van der Waals surface area contributed by atoms with Gasteiger partial charge in [-0.2, -0.15) is 0 Å². The Morgan fingerprint density at radius 2 is 1.56 bits per heavy atom. The van der Waals surface area contributed by atoms with Crippen molar-refractivity contribution in [3.8, 4) is 11.1 Å². The second kappa shape index (κ2) is 10.3. The largest absolute Gasteiger partial charge is 0.479 e. The van der Waals surface area contributed by atoms with Crippen LogP contribution in [0.4, 0.5) is 4.79 Å². The molecule has 32 heavy (non-hydrogen) atoms. The number of carboxylic acids is 1. The van der Waals surface area contributed by atoms with Crippen LogP contribution in [0.3, 0.4) is 0 Å². The molecular weight excluding hydrogens is 412 g/mol. The van der Waals surface area contributed by atoms with Crippen molar-refractivity contribution in [2.75, 3.05) is 13.2 Å². The van der Waals surface area contributed by atoms with Gasteiger partial charge in [0, 0.05) is 18.9 Å². The van der Waals surface area contributed by atoms with Crippen molar-refractivity contribution in [3.05, 3.63) is 59.7 Å². The summed E-state index contributed by atoms with van der Waals surface area (Å²) in [6, 6.07) is 15.2. The third-order valence-electron chi connectivity index (χ3n) is 5.57. The van der Waals surface area contributed by atoms with E-state index in [1.54, 1.807) is 13.8 Å². The number of carboxylic acid groups (broad SMARTS) is 1. The van der Waals surface area contributed by atoms with E-state index in [0.29, 0.717) is 0 Å². The SMILES string of the molecule is CC(C)C(NC(=O)OCC1c2ccccc2-c2ccccc21)C(=O)NCCC(O)C(=O)O. The first-order valence-electron chi connectivity index (χ1n) is 10.6. The van der Waals surface area contributed by atoms with Gasteiger partial charge in [-0.25, -0.2) is 9.59 Å². The fourth-order valence-electron chi connectivity index (χ4n) is 3.87. The maximum absolute atomic E-state index is 12.5. The van der Waals surface area contributed by atoms with Crippen LogP contribution >= 0.6 is 0 Å². The molecule has 2 atom stereocenters. The minimum atomic E-state index is -1.55. The van der Waals surface area contributed by atoms with Gasteiger partial charge in [-0.15, -0.1) is 0 Å². The van der Waals surface area contributed by atoms with Gasteiger partial charge in [-0.3, -0.25) is 4.79 Å². The zero-order chi connectivity index (χ0) is 23.3. The number of alkyl carbamates (subject to hydrolysis) is 1. The summed E-state index contributed by atoms with van der Waals surface area (Å²) >= 11 is 0. The molecule has 0 fully saturated rings. The second-order valence-corrected chi connectivity index (χ2v) is 8.13. The van der Waals surface area contributed by atoms with Gasteiger partial charge in [0.2, 0.25) is 5.91 Å². The smallest absolute Gasteiger partial charge is 0.407 e. The van der Waals surface area contributed by atoms with Crippen LogP contribution in [-0.4, -0.2) is 53.5 Å². The predicted molar refractivity (Wildman–Crippen MR) is 118 cm³/mol. The number of carbonyl (C=O) groups excluding carboxylic acids is 2. The highest BCUT2D eigenvalue weighted by molar-refractivity contribution is 5.86. The monoisotopic (exact) mass is 440 g/mol. The van der Waals surface area contributed by atoms with E-state index >= 15 is 0 Å². The molecule has 0 bridgehead atoms. The molecule has 0 saturated carbocycles. The van der Waals surface area contributed by atoms with E-state index in [9.17, 15) is 19.5 Å². The van der Waals surface area contributed by atoms with Crippen molar-refractivity contribution in [2.45, 2.75) is 38.3 Å². The van der Waals surface area contributed by atoms with Gasteiger partial charge >= 0.3 is 12.1 Å². The molecule has 0 aromatic heterocycles.